The number of rotatable bonds is 3. The molecule has 10 heteroatoms. The van der Waals surface area contributed by atoms with Gasteiger partial charge < -0.3 is 14.7 Å². The summed E-state index contributed by atoms with van der Waals surface area (Å²) < 4.78 is 30.9. The predicted octanol–water partition coefficient (Wildman–Crippen LogP) is 3.70. The summed E-state index contributed by atoms with van der Waals surface area (Å²) in [7, 11) is -3.78. The lowest BCUT2D eigenvalue weighted by atomic mass is 9.95. The molecule has 1 saturated heterocycles. The first-order valence-electron chi connectivity index (χ1n) is 11.4. The normalized spacial score (nSPS) is 19.8. The van der Waals surface area contributed by atoms with E-state index < -0.39 is 20.9 Å². The van der Waals surface area contributed by atoms with Gasteiger partial charge >= 0.3 is 6.09 Å². The van der Waals surface area contributed by atoms with Crippen LogP contribution in [0.1, 0.15) is 49.2 Å². The SMILES string of the molecule is CC(C)(C)OC(=O)N1CCN(C2c3ccccc3C=C(C(O)S(C)(=O)=O)c3cc(Br)cnc32)CC1. The van der Waals surface area contributed by atoms with E-state index in [1.165, 1.54) is 0 Å². The summed E-state index contributed by atoms with van der Waals surface area (Å²) in [5, 5.41) is 10.8. The monoisotopic (exact) mass is 563 g/mol. The van der Waals surface area contributed by atoms with E-state index in [4.69, 9.17) is 9.72 Å². The smallest absolute Gasteiger partial charge is 0.410 e. The lowest BCUT2D eigenvalue weighted by molar-refractivity contribution is 0.0118. The van der Waals surface area contributed by atoms with Gasteiger partial charge in [0.05, 0.1) is 11.7 Å². The Morgan fingerprint density at radius 2 is 1.86 bits per heavy atom. The van der Waals surface area contributed by atoms with Crippen molar-refractivity contribution in [3.8, 4) is 0 Å². The van der Waals surface area contributed by atoms with Crippen molar-refractivity contribution in [1.82, 2.24) is 14.8 Å². The minimum absolute atomic E-state index is 0.282. The number of fused-ring (bicyclic) bond motifs is 2. The maximum atomic E-state index is 12.6. The summed E-state index contributed by atoms with van der Waals surface area (Å²) in [6.45, 7) is 7.69. The number of aliphatic hydroxyl groups excluding tert-OH is 1. The van der Waals surface area contributed by atoms with Gasteiger partial charge in [0.15, 0.2) is 15.3 Å². The number of hydrogen-bond acceptors (Lipinski definition) is 7. The molecule has 1 N–H and O–H groups in total. The Labute approximate surface area is 214 Å². The maximum Gasteiger partial charge on any atom is 0.410 e. The third-order valence-electron chi connectivity index (χ3n) is 6.06. The van der Waals surface area contributed by atoms with Crippen LogP contribution in [-0.2, 0) is 14.6 Å². The number of aliphatic hydroxyl groups is 1. The summed E-state index contributed by atoms with van der Waals surface area (Å²) in [4.78, 5) is 21.2. The number of benzene rings is 1. The third-order valence-corrected chi connectivity index (χ3v) is 7.56. The molecule has 2 unspecified atom stereocenters. The van der Waals surface area contributed by atoms with Gasteiger partial charge in [-0.2, -0.15) is 0 Å². The average molecular weight is 565 g/mol. The van der Waals surface area contributed by atoms with Crippen molar-refractivity contribution in [2.45, 2.75) is 37.9 Å². The Balaban J connectivity index is 1.74. The number of piperazine rings is 1. The highest BCUT2D eigenvalue weighted by Gasteiger charge is 2.36. The Morgan fingerprint density at radius 1 is 1.20 bits per heavy atom. The van der Waals surface area contributed by atoms with E-state index in [2.05, 4.69) is 20.8 Å². The number of carbonyl (C=O) groups is 1. The minimum Gasteiger partial charge on any atom is -0.444 e. The Morgan fingerprint density at radius 3 is 2.49 bits per heavy atom. The highest BCUT2D eigenvalue weighted by Crippen LogP contribution is 2.41. The third kappa shape index (κ3) is 5.61. The number of nitrogens with zero attached hydrogens (tertiary/aromatic N) is 3. The van der Waals surface area contributed by atoms with Crippen LogP contribution in [-0.4, -0.2) is 77.9 Å². The van der Waals surface area contributed by atoms with Crippen LogP contribution in [0.4, 0.5) is 4.79 Å². The molecule has 2 aliphatic rings. The average Bonchev–Trinajstić information content (AvgIpc) is 2.91. The number of ether oxygens (including phenoxy) is 1. The number of aromatic nitrogens is 1. The highest BCUT2D eigenvalue weighted by atomic mass is 79.9. The number of amides is 1. The van der Waals surface area contributed by atoms with Crippen molar-refractivity contribution in [3.63, 3.8) is 0 Å². The molecule has 2 atom stereocenters. The predicted molar refractivity (Wildman–Crippen MR) is 138 cm³/mol. The van der Waals surface area contributed by atoms with Gasteiger partial charge in [-0.3, -0.25) is 9.88 Å². The molecule has 35 heavy (non-hydrogen) atoms. The largest absolute Gasteiger partial charge is 0.444 e. The maximum absolute atomic E-state index is 12.6. The van der Waals surface area contributed by atoms with E-state index in [1.807, 2.05) is 45.0 Å². The molecule has 1 aromatic heterocycles. The second-order valence-corrected chi connectivity index (χ2v) is 12.9. The number of halogens is 1. The minimum atomic E-state index is -3.78. The van der Waals surface area contributed by atoms with Gasteiger partial charge in [0, 0.05) is 54.2 Å². The van der Waals surface area contributed by atoms with Crippen molar-refractivity contribution in [3.05, 3.63) is 63.4 Å². The van der Waals surface area contributed by atoms with Crippen LogP contribution >= 0.6 is 15.9 Å². The zero-order valence-electron chi connectivity index (χ0n) is 20.2. The van der Waals surface area contributed by atoms with Gasteiger partial charge in [-0.1, -0.05) is 24.3 Å². The van der Waals surface area contributed by atoms with E-state index in [9.17, 15) is 18.3 Å². The van der Waals surface area contributed by atoms with Crippen molar-refractivity contribution < 1.29 is 23.1 Å². The molecule has 2 aromatic rings. The van der Waals surface area contributed by atoms with E-state index >= 15 is 0 Å². The molecule has 1 fully saturated rings. The fourth-order valence-corrected chi connectivity index (χ4v) is 5.46. The van der Waals surface area contributed by atoms with Gasteiger partial charge in [-0.15, -0.1) is 0 Å². The molecular formula is C25H30BrN3O5S. The molecule has 0 bridgehead atoms. The fourth-order valence-electron chi connectivity index (χ4n) is 4.48. The molecule has 4 rings (SSSR count). The lowest BCUT2D eigenvalue weighted by Gasteiger charge is -2.40. The van der Waals surface area contributed by atoms with Crippen LogP contribution in [0.3, 0.4) is 0 Å². The number of sulfone groups is 1. The summed E-state index contributed by atoms with van der Waals surface area (Å²) in [5.74, 6) is 0. The van der Waals surface area contributed by atoms with Gasteiger partial charge in [-0.25, -0.2) is 13.2 Å². The second-order valence-electron chi connectivity index (χ2n) is 9.90. The Bertz CT molecular complexity index is 1260. The molecule has 2 heterocycles. The van der Waals surface area contributed by atoms with Gasteiger partial charge in [0.25, 0.3) is 0 Å². The Kier molecular flexibility index (Phi) is 7.11. The molecule has 0 radical (unpaired) electrons. The molecule has 0 spiro atoms. The van der Waals surface area contributed by atoms with Crippen molar-refractivity contribution in [2.24, 2.45) is 0 Å². The van der Waals surface area contributed by atoms with Gasteiger partial charge in [0.1, 0.15) is 5.60 Å². The molecular weight excluding hydrogens is 534 g/mol. The van der Waals surface area contributed by atoms with E-state index in [-0.39, 0.29) is 12.1 Å². The van der Waals surface area contributed by atoms with Crippen molar-refractivity contribution in [1.29, 1.82) is 0 Å². The zero-order valence-corrected chi connectivity index (χ0v) is 22.6. The first-order chi connectivity index (χ1) is 16.3. The van der Waals surface area contributed by atoms with Crippen LogP contribution < -0.4 is 0 Å². The summed E-state index contributed by atoms with van der Waals surface area (Å²) in [6, 6.07) is 9.26. The van der Waals surface area contributed by atoms with E-state index in [0.717, 1.165) is 17.4 Å². The zero-order chi connectivity index (χ0) is 25.5. The fraction of sp³-hybridized carbons (Fsp3) is 0.440. The molecule has 1 amide bonds. The van der Waals surface area contributed by atoms with Crippen molar-refractivity contribution >= 4 is 43.5 Å². The summed E-state index contributed by atoms with van der Waals surface area (Å²) in [5.41, 5.74) is 1.06. The molecule has 0 saturated carbocycles. The van der Waals surface area contributed by atoms with Crippen LogP contribution in [0.2, 0.25) is 0 Å². The van der Waals surface area contributed by atoms with Crippen LogP contribution in [0, 0.1) is 0 Å². The first kappa shape index (κ1) is 25.8. The summed E-state index contributed by atoms with van der Waals surface area (Å²) >= 11 is 3.45. The molecule has 1 aromatic carbocycles. The summed E-state index contributed by atoms with van der Waals surface area (Å²) in [6.07, 6.45) is 4.11. The topological polar surface area (TPSA) is 100 Å². The Hall–Kier alpha value is -2.27. The van der Waals surface area contributed by atoms with Gasteiger partial charge in [-0.05, 0) is 60.0 Å². The second kappa shape index (κ2) is 9.65. The quantitative estimate of drug-likeness (QED) is 0.607. The van der Waals surface area contributed by atoms with Gasteiger partial charge in [0.2, 0.25) is 0 Å². The van der Waals surface area contributed by atoms with Crippen molar-refractivity contribution in [2.75, 3.05) is 32.4 Å². The number of hydrogen-bond donors (Lipinski definition) is 1. The van der Waals surface area contributed by atoms with Crippen LogP contribution in [0.15, 0.2) is 41.0 Å². The first-order valence-corrected chi connectivity index (χ1v) is 14.1. The lowest BCUT2D eigenvalue weighted by Crippen LogP contribution is -2.51. The molecule has 1 aliphatic carbocycles. The highest BCUT2D eigenvalue weighted by molar-refractivity contribution is 9.10. The standard InChI is InChI=1S/C25H30BrN3O5S/c1-25(2,3)34-24(31)29-11-9-28(10-12-29)22-18-8-6-5-7-16(18)13-20(23(30)35(4,32)33)19-14-17(26)15-27-21(19)22/h5-8,13-15,22-23,30H,9-12H2,1-4H3. The van der Waals surface area contributed by atoms with E-state index in [1.54, 1.807) is 23.2 Å². The molecule has 8 nitrogen and oxygen atoms in total. The number of carbonyl (C=O) groups excluding carboxylic acids is 1. The molecule has 1 aliphatic heterocycles. The van der Waals surface area contributed by atoms with Crippen LogP contribution in [0.5, 0.6) is 0 Å². The number of pyridine rings is 1. The molecule has 188 valence electrons. The van der Waals surface area contributed by atoms with E-state index in [0.29, 0.717) is 47.5 Å². The van der Waals surface area contributed by atoms with Crippen LogP contribution in [0.25, 0.3) is 11.6 Å².